The second-order valence-electron chi connectivity index (χ2n) is 6.79. The normalized spacial score (nSPS) is 23.5. The highest BCUT2D eigenvalue weighted by molar-refractivity contribution is 5.34. The van der Waals surface area contributed by atoms with Gasteiger partial charge in [0.1, 0.15) is 0 Å². The Kier molecular flexibility index (Phi) is 3.64. The fourth-order valence-corrected chi connectivity index (χ4v) is 3.79. The zero-order chi connectivity index (χ0) is 13.3. The van der Waals surface area contributed by atoms with Gasteiger partial charge in [0.15, 0.2) is 0 Å². The van der Waals surface area contributed by atoms with E-state index in [1.165, 1.54) is 56.4 Å². The van der Waals surface area contributed by atoms with Crippen LogP contribution in [0.1, 0.15) is 30.9 Å². The highest BCUT2D eigenvalue weighted by atomic mass is 15.1. The van der Waals surface area contributed by atoms with Crippen molar-refractivity contribution >= 4 is 0 Å². The molecule has 1 heterocycles. The maximum atomic E-state index is 6.17. The average molecular weight is 258 g/mol. The summed E-state index contributed by atoms with van der Waals surface area (Å²) in [6.45, 7) is 6.90. The fraction of sp³-hybridized carbons (Fsp3) is 0.647. The fourth-order valence-electron chi connectivity index (χ4n) is 3.79. The second-order valence-corrected chi connectivity index (χ2v) is 6.79. The van der Waals surface area contributed by atoms with Gasteiger partial charge in [-0.1, -0.05) is 31.2 Å². The van der Waals surface area contributed by atoms with Gasteiger partial charge in [0, 0.05) is 12.0 Å². The van der Waals surface area contributed by atoms with Crippen LogP contribution in [0.25, 0.3) is 0 Å². The first-order valence-corrected chi connectivity index (χ1v) is 7.70. The van der Waals surface area contributed by atoms with Gasteiger partial charge in [-0.15, -0.1) is 0 Å². The number of likely N-dealkylation sites (tertiary alicyclic amines) is 1. The molecule has 0 amide bonds. The Morgan fingerprint density at radius 2 is 1.74 bits per heavy atom. The molecule has 19 heavy (non-hydrogen) atoms. The largest absolute Gasteiger partial charge is 0.330 e. The Hall–Kier alpha value is -0.860. The van der Waals surface area contributed by atoms with Gasteiger partial charge < -0.3 is 10.6 Å². The van der Waals surface area contributed by atoms with Gasteiger partial charge in [-0.2, -0.15) is 0 Å². The molecule has 1 aromatic rings. The Morgan fingerprint density at radius 3 is 2.26 bits per heavy atom. The molecule has 2 heteroatoms. The van der Waals surface area contributed by atoms with Crippen molar-refractivity contribution in [2.24, 2.45) is 17.1 Å². The van der Waals surface area contributed by atoms with Crippen molar-refractivity contribution in [1.82, 2.24) is 4.90 Å². The number of hydrogen-bond donors (Lipinski definition) is 1. The van der Waals surface area contributed by atoms with Gasteiger partial charge in [-0.05, 0) is 62.4 Å². The molecule has 1 aliphatic heterocycles. The van der Waals surface area contributed by atoms with Crippen LogP contribution in [-0.4, -0.2) is 31.1 Å². The lowest BCUT2D eigenvalue weighted by atomic mass is 9.83. The number of nitrogens with two attached hydrogens (primary N) is 1. The third-order valence-electron chi connectivity index (χ3n) is 5.12. The molecule has 0 spiro atoms. The van der Waals surface area contributed by atoms with E-state index in [0.29, 0.717) is 5.41 Å². The summed E-state index contributed by atoms with van der Waals surface area (Å²) in [6, 6.07) is 8.89. The van der Waals surface area contributed by atoms with E-state index in [9.17, 15) is 0 Å². The first-order chi connectivity index (χ1) is 9.21. The van der Waals surface area contributed by atoms with Gasteiger partial charge in [0.05, 0.1) is 0 Å². The van der Waals surface area contributed by atoms with Gasteiger partial charge >= 0.3 is 0 Å². The minimum Gasteiger partial charge on any atom is -0.330 e. The molecule has 1 fully saturated rings. The molecule has 0 bridgehead atoms. The molecule has 0 aromatic heterocycles. The molecule has 2 aliphatic rings. The number of rotatable bonds is 3. The standard InChI is InChI=1S/C17H26N2/c1-14-6-8-19(9-7-14)13-17(12-18)10-15-4-2-3-5-16(15)11-17/h2-5,14H,6-13,18H2,1H3. The van der Waals surface area contributed by atoms with E-state index in [-0.39, 0.29) is 0 Å². The van der Waals surface area contributed by atoms with Crippen LogP contribution in [0.5, 0.6) is 0 Å². The Balaban J connectivity index is 1.69. The first kappa shape index (κ1) is 13.1. The smallest absolute Gasteiger partial charge is 0.00565 e. The lowest BCUT2D eigenvalue weighted by Crippen LogP contribution is -2.46. The molecule has 1 saturated heterocycles. The summed E-state index contributed by atoms with van der Waals surface area (Å²) in [5, 5.41) is 0. The molecule has 104 valence electrons. The van der Waals surface area contributed by atoms with E-state index in [1.807, 2.05) is 0 Å². The van der Waals surface area contributed by atoms with Crippen molar-refractivity contribution in [1.29, 1.82) is 0 Å². The third kappa shape index (κ3) is 2.70. The molecule has 0 saturated carbocycles. The van der Waals surface area contributed by atoms with E-state index < -0.39 is 0 Å². The van der Waals surface area contributed by atoms with E-state index in [0.717, 1.165) is 12.5 Å². The Bertz CT molecular complexity index is 408. The maximum absolute atomic E-state index is 6.17. The summed E-state index contributed by atoms with van der Waals surface area (Å²) in [7, 11) is 0. The summed E-state index contributed by atoms with van der Waals surface area (Å²) in [5.74, 6) is 0.908. The van der Waals surface area contributed by atoms with Crippen LogP contribution in [0.3, 0.4) is 0 Å². The lowest BCUT2D eigenvalue weighted by molar-refractivity contribution is 0.122. The molecule has 1 aromatic carbocycles. The molecule has 2 nitrogen and oxygen atoms in total. The van der Waals surface area contributed by atoms with Crippen molar-refractivity contribution in [3.8, 4) is 0 Å². The Labute approximate surface area is 117 Å². The minimum atomic E-state index is 0.296. The maximum Gasteiger partial charge on any atom is 0.00565 e. The number of benzene rings is 1. The lowest BCUT2D eigenvalue weighted by Gasteiger charge is -2.38. The SMILES string of the molecule is CC1CCN(CC2(CN)Cc3ccccc3C2)CC1. The molecule has 0 radical (unpaired) electrons. The highest BCUT2D eigenvalue weighted by Crippen LogP contribution is 2.37. The molecular weight excluding hydrogens is 232 g/mol. The zero-order valence-corrected chi connectivity index (χ0v) is 12.1. The van der Waals surface area contributed by atoms with Crippen LogP contribution in [0.4, 0.5) is 0 Å². The van der Waals surface area contributed by atoms with Crippen LogP contribution in [0, 0.1) is 11.3 Å². The van der Waals surface area contributed by atoms with Crippen molar-refractivity contribution in [3.05, 3.63) is 35.4 Å². The predicted molar refractivity (Wildman–Crippen MR) is 80.2 cm³/mol. The van der Waals surface area contributed by atoms with Crippen LogP contribution in [-0.2, 0) is 12.8 Å². The first-order valence-electron chi connectivity index (χ1n) is 7.70. The van der Waals surface area contributed by atoms with Crippen molar-refractivity contribution < 1.29 is 0 Å². The molecule has 2 N–H and O–H groups in total. The second kappa shape index (κ2) is 5.26. The number of hydrogen-bond acceptors (Lipinski definition) is 2. The molecule has 1 aliphatic carbocycles. The summed E-state index contributed by atoms with van der Waals surface area (Å²) >= 11 is 0. The molecule has 0 unspecified atom stereocenters. The number of piperidine rings is 1. The quantitative estimate of drug-likeness (QED) is 0.902. The monoisotopic (exact) mass is 258 g/mol. The van der Waals surface area contributed by atoms with Gasteiger partial charge in [0.2, 0.25) is 0 Å². The van der Waals surface area contributed by atoms with E-state index in [4.69, 9.17) is 5.73 Å². The molecular formula is C17H26N2. The Morgan fingerprint density at radius 1 is 1.16 bits per heavy atom. The third-order valence-corrected chi connectivity index (χ3v) is 5.12. The van der Waals surface area contributed by atoms with Crippen LogP contribution in [0.15, 0.2) is 24.3 Å². The summed E-state index contributed by atoms with van der Waals surface area (Å²) < 4.78 is 0. The highest BCUT2D eigenvalue weighted by Gasteiger charge is 2.37. The van der Waals surface area contributed by atoms with Crippen LogP contribution >= 0.6 is 0 Å². The minimum absolute atomic E-state index is 0.296. The summed E-state index contributed by atoms with van der Waals surface area (Å²) in [6.07, 6.45) is 5.05. The van der Waals surface area contributed by atoms with E-state index >= 15 is 0 Å². The van der Waals surface area contributed by atoms with Gasteiger partial charge in [-0.3, -0.25) is 0 Å². The van der Waals surface area contributed by atoms with E-state index in [2.05, 4.69) is 36.1 Å². The van der Waals surface area contributed by atoms with Crippen LogP contribution < -0.4 is 5.73 Å². The summed E-state index contributed by atoms with van der Waals surface area (Å²) in [4.78, 5) is 2.65. The molecule has 0 atom stereocenters. The number of fused-ring (bicyclic) bond motifs is 1. The molecule has 3 rings (SSSR count). The average Bonchev–Trinajstić information content (AvgIpc) is 2.80. The van der Waals surface area contributed by atoms with Crippen LogP contribution in [0.2, 0.25) is 0 Å². The van der Waals surface area contributed by atoms with Crippen molar-refractivity contribution in [3.63, 3.8) is 0 Å². The number of nitrogens with zero attached hydrogens (tertiary/aromatic N) is 1. The van der Waals surface area contributed by atoms with Crippen molar-refractivity contribution in [2.75, 3.05) is 26.2 Å². The predicted octanol–water partition coefficient (Wildman–Crippen LogP) is 2.46. The van der Waals surface area contributed by atoms with Crippen molar-refractivity contribution in [2.45, 2.75) is 32.6 Å². The topological polar surface area (TPSA) is 29.3 Å². The summed E-state index contributed by atoms with van der Waals surface area (Å²) in [5.41, 5.74) is 9.51. The van der Waals surface area contributed by atoms with E-state index in [1.54, 1.807) is 0 Å². The van der Waals surface area contributed by atoms with Gasteiger partial charge in [-0.25, -0.2) is 0 Å². The zero-order valence-electron chi connectivity index (χ0n) is 12.1. The van der Waals surface area contributed by atoms with Gasteiger partial charge in [0.25, 0.3) is 0 Å².